The lowest BCUT2D eigenvalue weighted by Gasteiger charge is -2.06. The molecular formula is C13H14N2O4S. The lowest BCUT2D eigenvalue weighted by atomic mass is 10.2. The van der Waals surface area contributed by atoms with Crippen molar-refractivity contribution < 1.29 is 18.3 Å². The zero-order valence-electron chi connectivity index (χ0n) is 10.9. The topological polar surface area (TPSA) is 89.3 Å². The number of sulfone groups is 1. The molecule has 1 heterocycles. The minimum absolute atomic E-state index is 0.0795. The minimum Gasteiger partial charge on any atom is -0.478 e. The summed E-state index contributed by atoms with van der Waals surface area (Å²) >= 11 is 0. The first kappa shape index (κ1) is 14.3. The highest BCUT2D eigenvalue weighted by Gasteiger charge is 2.21. The Kier molecular flexibility index (Phi) is 3.89. The van der Waals surface area contributed by atoms with Crippen molar-refractivity contribution in [2.24, 2.45) is 7.05 Å². The Bertz CT molecular complexity index is 720. The smallest absolute Gasteiger partial charge is 0.339 e. The van der Waals surface area contributed by atoms with Gasteiger partial charge in [-0.25, -0.2) is 13.2 Å². The van der Waals surface area contributed by atoms with Gasteiger partial charge in [0.2, 0.25) is 0 Å². The van der Waals surface area contributed by atoms with Crippen LogP contribution in [0.25, 0.3) is 0 Å². The molecule has 0 saturated heterocycles. The number of benzene rings is 1. The monoisotopic (exact) mass is 294 g/mol. The molecule has 1 aromatic carbocycles. The molecule has 106 valence electrons. The molecule has 1 aromatic heterocycles. The zero-order chi connectivity index (χ0) is 14.8. The average Bonchev–Trinajstić information content (AvgIpc) is 2.71. The van der Waals surface area contributed by atoms with Crippen molar-refractivity contribution in [1.29, 1.82) is 0 Å². The van der Waals surface area contributed by atoms with Gasteiger partial charge in [0.15, 0.2) is 9.84 Å². The molecule has 0 aliphatic heterocycles. The Morgan fingerprint density at radius 2 is 1.90 bits per heavy atom. The lowest BCUT2D eigenvalue weighted by molar-refractivity contribution is 0.0696. The molecule has 0 saturated carbocycles. The summed E-state index contributed by atoms with van der Waals surface area (Å²) in [5.74, 6) is -1.65. The standard InChI is InChI=1S/C13H14N2O4S/c1-15-12(11(7-14-15)13(16)17)9-20(18,19)8-10-5-3-2-4-6-10/h2-7H,8-9H2,1H3,(H,16,17). The summed E-state index contributed by atoms with van der Waals surface area (Å²) in [4.78, 5) is 11.0. The number of rotatable bonds is 5. The van der Waals surface area contributed by atoms with E-state index in [1.807, 2.05) is 0 Å². The predicted molar refractivity (Wildman–Crippen MR) is 72.9 cm³/mol. The Morgan fingerprint density at radius 3 is 2.50 bits per heavy atom. The third-order valence-corrected chi connectivity index (χ3v) is 4.36. The molecular weight excluding hydrogens is 280 g/mol. The van der Waals surface area contributed by atoms with Gasteiger partial charge in [-0.15, -0.1) is 0 Å². The van der Waals surface area contributed by atoms with Crippen LogP contribution in [0.4, 0.5) is 0 Å². The van der Waals surface area contributed by atoms with Gasteiger partial charge in [-0.2, -0.15) is 5.10 Å². The number of carboxylic acid groups (broad SMARTS) is 1. The number of hydrogen-bond donors (Lipinski definition) is 1. The van der Waals surface area contributed by atoms with E-state index in [4.69, 9.17) is 5.11 Å². The summed E-state index contributed by atoms with van der Waals surface area (Å²) in [5.41, 5.74) is 0.782. The summed E-state index contributed by atoms with van der Waals surface area (Å²) < 4.78 is 25.6. The fourth-order valence-electron chi connectivity index (χ4n) is 1.90. The molecule has 0 atom stereocenters. The number of carbonyl (C=O) groups is 1. The summed E-state index contributed by atoms with van der Waals surface area (Å²) in [6.07, 6.45) is 1.16. The molecule has 0 unspecified atom stereocenters. The van der Waals surface area contributed by atoms with E-state index in [-0.39, 0.29) is 22.8 Å². The first-order valence-corrected chi connectivity index (χ1v) is 7.70. The van der Waals surface area contributed by atoms with Crippen LogP contribution in [0.5, 0.6) is 0 Å². The molecule has 0 aliphatic rings. The van der Waals surface area contributed by atoms with Crippen molar-refractivity contribution in [3.05, 3.63) is 53.3 Å². The maximum Gasteiger partial charge on any atom is 0.339 e. The summed E-state index contributed by atoms with van der Waals surface area (Å²) in [7, 11) is -1.93. The van der Waals surface area contributed by atoms with Crippen LogP contribution in [-0.2, 0) is 28.4 Å². The highest BCUT2D eigenvalue weighted by atomic mass is 32.2. The van der Waals surface area contributed by atoms with Crippen molar-refractivity contribution in [2.75, 3.05) is 0 Å². The van der Waals surface area contributed by atoms with Gasteiger partial charge in [0.25, 0.3) is 0 Å². The van der Waals surface area contributed by atoms with Crippen molar-refractivity contribution in [1.82, 2.24) is 9.78 Å². The van der Waals surface area contributed by atoms with Gasteiger partial charge in [-0.1, -0.05) is 30.3 Å². The fraction of sp³-hybridized carbons (Fsp3) is 0.231. The SMILES string of the molecule is Cn1ncc(C(=O)O)c1CS(=O)(=O)Cc1ccccc1. The fourth-order valence-corrected chi connectivity index (χ4v) is 3.46. The van der Waals surface area contributed by atoms with Gasteiger partial charge in [0.05, 0.1) is 23.4 Å². The van der Waals surface area contributed by atoms with Gasteiger partial charge >= 0.3 is 5.97 Å². The largest absolute Gasteiger partial charge is 0.478 e. The van der Waals surface area contributed by atoms with Crippen LogP contribution in [0.2, 0.25) is 0 Å². The van der Waals surface area contributed by atoms with Crippen LogP contribution >= 0.6 is 0 Å². The van der Waals surface area contributed by atoms with E-state index < -0.39 is 15.8 Å². The summed E-state index contributed by atoms with van der Waals surface area (Å²) in [6.45, 7) is 0. The van der Waals surface area contributed by atoms with E-state index in [0.717, 1.165) is 6.20 Å². The molecule has 0 aliphatic carbocycles. The maximum atomic E-state index is 12.2. The maximum absolute atomic E-state index is 12.2. The van der Waals surface area contributed by atoms with E-state index in [1.165, 1.54) is 11.7 Å². The van der Waals surface area contributed by atoms with Gasteiger partial charge in [-0.05, 0) is 5.56 Å². The Labute approximate surface area is 116 Å². The molecule has 2 rings (SSSR count). The van der Waals surface area contributed by atoms with E-state index >= 15 is 0 Å². The third-order valence-electron chi connectivity index (χ3n) is 2.88. The van der Waals surface area contributed by atoms with E-state index in [0.29, 0.717) is 5.56 Å². The number of nitrogens with zero attached hydrogens (tertiary/aromatic N) is 2. The highest BCUT2D eigenvalue weighted by Crippen LogP contribution is 2.15. The third kappa shape index (κ3) is 3.24. The normalized spacial score (nSPS) is 11.4. The van der Waals surface area contributed by atoms with Crippen molar-refractivity contribution in [3.63, 3.8) is 0 Å². The van der Waals surface area contributed by atoms with Crippen molar-refractivity contribution in [3.8, 4) is 0 Å². The molecule has 2 aromatic rings. The van der Waals surface area contributed by atoms with Gasteiger partial charge in [0, 0.05) is 7.05 Å². The number of aromatic nitrogens is 2. The number of hydrogen-bond acceptors (Lipinski definition) is 4. The highest BCUT2D eigenvalue weighted by molar-refractivity contribution is 7.89. The van der Waals surface area contributed by atoms with E-state index in [2.05, 4.69) is 5.10 Å². The molecule has 0 spiro atoms. The second-order valence-corrected chi connectivity index (χ2v) is 6.52. The second-order valence-electron chi connectivity index (χ2n) is 4.45. The number of aryl methyl sites for hydroxylation is 1. The molecule has 0 bridgehead atoms. The summed E-state index contributed by atoms with van der Waals surface area (Å²) in [6, 6.07) is 8.77. The number of carboxylic acids is 1. The Balaban J connectivity index is 2.25. The lowest BCUT2D eigenvalue weighted by Crippen LogP contribution is -2.13. The van der Waals surface area contributed by atoms with Crippen LogP contribution in [0.3, 0.4) is 0 Å². The Morgan fingerprint density at radius 1 is 1.25 bits per heavy atom. The molecule has 7 heteroatoms. The van der Waals surface area contributed by atoms with Crippen LogP contribution in [0.1, 0.15) is 21.6 Å². The van der Waals surface area contributed by atoms with Crippen LogP contribution in [0.15, 0.2) is 36.5 Å². The molecule has 6 nitrogen and oxygen atoms in total. The first-order valence-electron chi connectivity index (χ1n) is 5.87. The molecule has 20 heavy (non-hydrogen) atoms. The van der Waals surface area contributed by atoms with Crippen LogP contribution in [0, 0.1) is 0 Å². The van der Waals surface area contributed by atoms with Gasteiger partial charge < -0.3 is 5.11 Å². The first-order chi connectivity index (χ1) is 9.39. The predicted octanol–water partition coefficient (Wildman–Crippen LogP) is 1.23. The van der Waals surface area contributed by atoms with Crippen molar-refractivity contribution >= 4 is 15.8 Å². The van der Waals surface area contributed by atoms with Crippen LogP contribution in [-0.4, -0.2) is 29.3 Å². The Hall–Kier alpha value is -2.15. The molecule has 1 N–H and O–H groups in total. The zero-order valence-corrected chi connectivity index (χ0v) is 11.7. The van der Waals surface area contributed by atoms with E-state index in [9.17, 15) is 13.2 Å². The number of aromatic carboxylic acids is 1. The second kappa shape index (κ2) is 5.46. The van der Waals surface area contributed by atoms with E-state index in [1.54, 1.807) is 30.3 Å². The van der Waals surface area contributed by atoms with Crippen molar-refractivity contribution in [2.45, 2.75) is 11.5 Å². The molecule has 0 fully saturated rings. The molecule has 0 amide bonds. The van der Waals surface area contributed by atoms with Gasteiger partial charge in [-0.3, -0.25) is 4.68 Å². The minimum atomic E-state index is -3.46. The quantitative estimate of drug-likeness (QED) is 0.896. The summed E-state index contributed by atoms with van der Waals surface area (Å²) in [5, 5.41) is 12.8. The van der Waals surface area contributed by atoms with Crippen LogP contribution < -0.4 is 0 Å². The molecule has 0 radical (unpaired) electrons. The van der Waals surface area contributed by atoms with Gasteiger partial charge in [0.1, 0.15) is 5.56 Å². The average molecular weight is 294 g/mol.